The molecule has 0 fully saturated rings. The molecule has 764 valence electrons. The first-order chi connectivity index (χ1) is 55.7. The molecule has 0 aromatic carbocycles. The van der Waals surface area contributed by atoms with E-state index in [9.17, 15) is 67.1 Å². The molecule has 0 amide bonds. The van der Waals surface area contributed by atoms with Gasteiger partial charge in [-0.25, -0.2) is 0 Å². The molecule has 14 heteroatoms. The molecular weight excluding hydrogens is 1580 g/mol. The third kappa shape index (κ3) is 117. The SMILES string of the molecule is C.CCCC(=O)C(C)(C)C.CCCC(=O)C(C)(C)C.CCCC(=O)C(C)(C)C.CCCC(=O)C(C)(C)C.CCCC(=O)C(C)(C)C.CCCC(=O)C(C)(C)C.CCCC(=O)C(C)(C)C.CCCC(=O)C(C)(C)C.CCCC(=O)C(C)(C)C.CCCC(=O)C(C)(C)C.CCCC(=O)C(C)(C)C.CCCC(=O)C(C)(C)C.CCCC(=O)C(C)(C)C.CCCC(=O)C(C)(C)C. The van der Waals surface area contributed by atoms with Gasteiger partial charge in [0.2, 0.25) is 0 Å². The molecule has 0 aliphatic heterocycles. The highest BCUT2D eigenvalue weighted by Gasteiger charge is 2.28. The van der Waals surface area contributed by atoms with Crippen molar-refractivity contribution in [1.82, 2.24) is 0 Å². The van der Waals surface area contributed by atoms with Gasteiger partial charge in [-0.05, 0) is 89.9 Å². The normalized spacial score (nSPS) is 11.5. The maximum Gasteiger partial charge on any atom is 0.138 e. The second kappa shape index (κ2) is 78.8. The Labute approximate surface area is 794 Å². The molecule has 0 saturated carbocycles. The largest absolute Gasteiger partial charge is 0.299 e. The van der Waals surface area contributed by atoms with Crippen LogP contribution in [0.1, 0.15) is 575 Å². The molecule has 14 nitrogen and oxygen atoms in total. The van der Waals surface area contributed by atoms with Gasteiger partial charge in [0.15, 0.2) is 0 Å². The molecule has 0 aliphatic carbocycles. The Bertz CT molecular complexity index is 2110. The van der Waals surface area contributed by atoms with E-state index in [4.69, 9.17) is 0 Å². The van der Waals surface area contributed by atoms with Crippen LogP contribution in [0.4, 0.5) is 0 Å². The molecule has 0 rings (SSSR count). The van der Waals surface area contributed by atoms with Crippen LogP contribution >= 0.6 is 0 Å². The van der Waals surface area contributed by atoms with E-state index in [2.05, 4.69) is 0 Å². The highest BCUT2D eigenvalue weighted by atomic mass is 16.2. The second-order valence-corrected chi connectivity index (χ2v) is 47.9. The van der Waals surface area contributed by atoms with Gasteiger partial charge in [0.05, 0.1) is 0 Å². The summed E-state index contributed by atoms with van der Waals surface area (Å²) < 4.78 is 0. The fourth-order valence-corrected chi connectivity index (χ4v) is 8.43. The Hall–Kier alpha value is -4.62. The van der Waals surface area contributed by atoms with Crippen molar-refractivity contribution < 1.29 is 67.1 Å². The minimum Gasteiger partial charge on any atom is -0.299 e. The molecule has 0 aromatic heterocycles. The van der Waals surface area contributed by atoms with Crippen LogP contribution in [-0.2, 0) is 67.1 Å². The van der Waals surface area contributed by atoms with Crippen molar-refractivity contribution in [3.8, 4) is 0 Å². The first kappa shape index (κ1) is 156. The molecule has 0 unspecified atom stereocenters. The van der Waals surface area contributed by atoms with Crippen LogP contribution in [-0.4, -0.2) is 81.0 Å². The number of Topliss-reactive ketones (excluding diaryl/α,β-unsaturated/α-hetero) is 14. The average Bonchev–Trinajstić information content (AvgIpc) is 1.07. The number of ketones is 14. The quantitative estimate of drug-likeness (QED) is 0.0708. The lowest BCUT2D eigenvalue weighted by molar-refractivity contribution is -0.127. The summed E-state index contributed by atoms with van der Waals surface area (Å²) in [6.07, 6.45) is 23.7. The van der Waals surface area contributed by atoms with E-state index in [-0.39, 0.29) is 83.2 Å². The van der Waals surface area contributed by atoms with Gasteiger partial charge in [0.1, 0.15) is 81.0 Å². The molecule has 0 N–H and O–H groups in total. The monoisotopic (exact) mass is 1810 g/mol. The van der Waals surface area contributed by atoms with Crippen LogP contribution < -0.4 is 0 Å². The summed E-state index contributed by atoms with van der Waals surface area (Å²) in [5.41, 5.74) is -1.81. The fourth-order valence-electron chi connectivity index (χ4n) is 8.43. The summed E-state index contributed by atoms with van der Waals surface area (Å²) in [6.45, 7) is 111. The lowest BCUT2D eigenvalue weighted by Gasteiger charge is -2.15. The van der Waals surface area contributed by atoms with Crippen molar-refractivity contribution >= 4 is 81.0 Å². The first-order valence-corrected chi connectivity index (χ1v) is 49.2. The van der Waals surface area contributed by atoms with Crippen molar-refractivity contribution in [1.29, 1.82) is 0 Å². The zero-order valence-corrected chi connectivity index (χ0v) is 95.5. The maximum absolute atomic E-state index is 11.1. The van der Waals surface area contributed by atoms with E-state index in [1.165, 1.54) is 0 Å². The minimum atomic E-state index is -0.129. The Morgan fingerprint density at radius 1 is 0.102 bits per heavy atom. The van der Waals surface area contributed by atoms with Crippen LogP contribution in [0.3, 0.4) is 0 Å². The van der Waals surface area contributed by atoms with Gasteiger partial charge in [-0.15, -0.1) is 0 Å². The van der Waals surface area contributed by atoms with E-state index in [1.54, 1.807) is 0 Å². The average molecular weight is 1810 g/mol. The molecule has 0 saturated heterocycles. The molecule has 0 aromatic rings. The maximum atomic E-state index is 11.1. The van der Waals surface area contributed by atoms with E-state index in [0.717, 1.165) is 180 Å². The van der Waals surface area contributed by atoms with Crippen LogP contribution in [0.5, 0.6) is 0 Å². The fraction of sp³-hybridized carbons (Fsp3) is 0.876. The van der Waals surface area contributed by atoms with Gasteiger partial charge in [-0.2, -0.15) is 0 Å². The molecule has 0 atom stereocenters. The molecule has 127 heavy (non-hydrogen) atoms. The third-order valence-electron chi connectivity index (χ3n) is 18.4. The van der Waals surface area contributed by atoms with Crippen molar-refractivity contribution in [2.75, 3.05) is 0 Å². The van der Waals surface area contributed by atoms with Crippen LogP contribution in [0.15, 0.2) is 0 Å². The number of hydrogen-bond donors (Lipinski definition) is 0. The number of hydrogen-bond acceptors (Lipinski definition) is 14. The lowest BCUT2D eigenvalue weighted by Crippen LogP contribution is -2.19. The molecule has 0 aliphatic rings. The first-order valence-electron chi connectivity index (χ1n) is 49.2. The van der Waals surface area contributed by atoms with E-state index >= 15 is 0 Å². The molecule has 0 radical (unpaired) electrons. The molecular formula is C113H228O14. The zero-order chi connectivity index (χ0) is 105. The summed E-state index contributed by atoms with van der Waals surface area (Å²) in [6, 6.07) is 0. The zero-order valence-electron chi connectivity index (χ0n) is 95.5. The van der Waals surface area contributed by atoms with Gasteiger partial charge in [-0.3, -0.25) is 67.1 Å². The summed E-state index contributed by atoms with van der Waals surface area (Å²) in [5.74, 6) is 5.12. The predicted molar refractivity (Wildman–Crippen MR) is 558 cm³/mol. The lowest BCUT2D eigenvalue weighted by atomic mass is 9.88. The highest BCUT2D eigenvalue weighted by molar-refractivity contribution is 5.89. The van der Waals surface area contributed by atoms with Crippen molar-refractivity contribution in [2.24, 2.45) is 75.8 Å². The predicted octanol–water partition coefficient (Wildman–Crippen LogP) is 34.3. The third-order valence-corrected chi connectivity index (χ3v) is 18.4. The molecule has 0 heterocycles. The smallest absolute Gasteiger partial charge is 0.138 e. The Balaban J connectivity index is -0.0000000818. The summed E-state index contributed by atoms with van der Waals surface area (Å²) in [7, 11) is 0. The van der Waals surface area contributed by atoms with Crippen molar-refractivity contribution in [2.45, 2.75) is 575 Å². The number of carbonyl (C=O) groups is 14. The van der Waals surface area contributed by atoms with Crippen molar-refractivity contribution in [3.05, 3.63) is 0 Å². The summed E-state index contributed by atoms with van der Waals surface area (Å²) >= 11 is 0. The topological polar surface area (TPSA) is 239 Å². The standard InChI is InChI=1S/14C8H16O.CH4/c14*1-5-6-7(9)8(2,3)4;/h14*5-6H2,1-4H3;1H4. The van der Waals surface area contributed by atoms with Crippen LogP contribution in [0, 0.1) is 75.8 Å². The minimum absolute atomic E-state index is 0. The van der Waals surface area contributed by atoms with Crippen molar-refractivity contribution in [3.63, 3.8) is 0 Å². The Morgan fingerprint density at radius 3 is 0.142 bits per heavy atom. The molecule has 0 spiro atoms. The Morgan fingerprint density at radius 2 is 0.134 bits per heavy atom. The van der Waals surface area contributed by atoms with Crippen LogP contribution in [0.25, 0.3) is 0 Å². The summed E-state index contributed by atoms with van der Waals surface area (Å²) in [5, 5.41) is 0. The van der Waals surface area contributed by atoms with Gasteiger partial charge in [-0.1, -0.05) is 395 Å². The van der Waals surface area contributed by atoms with Gasteiger partial charge in [0, 0.05) is 166 Å². The van der Waals surface area contributed by atoms with E-state index in [0.29, 0.717) is 81.0 Å². The second-order valence-electron chi connectivity index (χ2n) is 47.9. The molecule has 0 bridgehead atoms. The summed E-state index contributed by atoms with van der Waals surface area (Å²) in [4.78, 5) is 155. The van der Waals surface area contributed by atoms with E-state index in [1.807, 2.05) is 388 Å². The van der Waals surface area contributed by atoms with Gasteiger partial charge < -0.3 is 0 Å². The highest BCUT2D eigenvalue weighted by Crippen LogP contribution is 2.26. The number of rotatable bonds is 28. The van der Waals surface area contributed by atoms with Crippen LogP contribution in [0.2, 0.25) is 0 Å². The number of carbonyl (C=O) groups excluding carboxylic acids is 14. The van der Waals surface area contributed by atoms with Gasteiger partial charge in [0.25, 0.3) is 0 Å². The van der Waals surface area contributed by atoms with E-state index < -0.39 is 0 Å². The van der Waals surface area contributed by atoms with Gasteiger partial charge >= 0.3 is 0 Å². The Kier molecular flexibility index (Phi) is 97.1.